The molecule has 142 valence electrons. The minimum absolute atomic E-state index is 0.152. The second kappa shape index (κ2) is 8.22. The van der Waals surface area contributed by atoms with Crippen LogP contribution >= 0.6 is 46.3 Å². The number of aromatic nitrogens is 2. The SMILES string of the molecule is Cc1sc2nc(CSC(C)C(=O)Oc3ccc(Cl)cc3Cl)[nH]c(=O)c2c1C. The Morgan fingerprint density at radius 1 is 1.37 bits per heavy atom. The zero-order valence-corrected chi connectivity index (χ0v) is 17.9. The maximum Gasteiger partial charge on any atom is 0.324 e. The average Bonchev–Trinajstić information content (AvgIpc) is 2.89. The van der Waals surface area contributed by atoms with E-state index in [2.05, 4.69) is 9.97 Å². The summed E-state index contributed by atoms with van der Waals surface area (Å²) < 4.78 is 5.32. The standard InChI is InChI=1S/C18H16Cl2N2O3S2/c1-8-9(2)27-17-15(8)16(23)21-14(22-17)7-26-10(3)18(24)25-13-5-4-11(19)6-12(13)20/h4-6,10H,7H2,1-3H3,(H,21,22,23). The Morgan fingerprint density at radius 2 is 2.11 bits per heavy atom. The van der Waals surface area contributed by atoms with E-state index in [9.17, 15) is 9.59 Å². The molecule has 3 aromatic rings. The number of nitrogens with one attached hydrogen (secondary N) is 1. The summed E-state index contributed by atoms with van der Waals surface area (Å²) in [6.45, 7) is 5.61. The molecule has 0 radical (unpaired) electrons. The normalized spacial score (nSPS) is 12.3. The maximum absolute atomic E-state index is 12.3. The van der Waals surface area contributed by atoms with Crippen LogP contribution in [0.5, 0.6) is 5.75 Å². The summed E-state index contributed by atoms with van der Waals surface area (Å²) in [6.07, 6.45) is 0. The first-order valence-corrected chi connectivity index (χ1v) is 10.7. The molecule has 0 aliphatic carbocycles. The second-order valence-electron chi connectivity index (χ2n) is 5.93. The zero-order valence-electron chi connectivity index (χ0n) is 14.8. The fraction of sp³-hybridized carbons (Fsp3) is 0.278. The molecule has 1 atom stereocenters. The van der Waals surface area contributed by atoms with Crippen LogP contribution in [0.1, 0.15) is 23.2 Å². The molecule has 0 bridgehead atoms. The van der Waals surface area contributed by atoms with Crippen LogP contribution in [0.15, 0.2) is 23.0 Å². The van der Waals surface area contributed by atoms with Crippen LogP contribution < -0.4 is 10.3 Å². The van der Waals surface area contributed by atoms with Gasteiger partial charge in [0.15, 0.2) is 0 Å². The van der Waals surface area contributed by atoms with Crippen LogP contribution in [-0.2, 0) is 10.5 Å². The number of thiophene rings is 1. The van der Waals surface area contributed by atoms with E-state index in [4.69, 9.17) is 27.9 Å². The number of ether oxygens (including phenoxy) is 1. The maximum atomic E-state index is 12.3. The first-order chi connectivity index (χ1) is 12.8. The number of esters is 1. The van der Waals surface area contributed by atoms with Crippen molar-refractivity contribution in [3.63, 3.8) is 0 Å². The summed E-state index contributed by atoms with van der Waals surface area (Å²) in [5.74, 6) is 0.737. The highest BCUT2D eigenvalue weighted by atomic mass is 35.5. The van der Waals surface area contributed by atoms with Gasteiger partial charge in [0.2, 0.25) is 0 Å². The van der Waals surface area contributed by atoms with E-state index in [1.54, 1.807) is 19.1 Å². The molecule has 1 aromatic carbocycles. The van der Waals surface area contributed by atoms with Gasteiger partial charge in [0.25, 0.3) is 5.56 Å². The summed E-state index contributed by atoms with van der Waals surface area (Å²) in [5.41, 5.74) is 0.806. The molecular formula is C18H16Cl2N2O3S2. The molecule has 27 heavy (non-hydrogen) atoms. The van der Waals surface area contributed by atoms with Gasteiger partial charge in [0.05, 0.1) is 16.2 Å². The molecule has 0 fully saturated rings. The van der Waals surface area contributed by atoms with E-state index < -0.39 is 11.2 Å². The number of thioether (sulfide) groups is 1. The van der Waals surface area contributed by atoms with E-state index in [0.717, 1.165) is 10.4 Å². The van der Waals surface area contributed by atoms with Crippen molar-refractivity contribution >= 4 is 62.5 Å². The average molecular weight is 443 g/mol. The first kappa shape index (κ1) is 20.2. The Morgan fingerprint density at radius 3 is 2.81 bits per heavy atom. The van der Waals surface area contributed by atoms with Crippen molar-refractivity contribution in [3.8, 4) is 5.75 Å². The molecule has 0 aliphatic heterocycles. The quantitative estimate of drug-likeness (QED) is 0.437. The van der Waals surface area contributed by atoms with E-state index in [1.807, 2.05) is 13.8 Å². The molecule has 0 amide bonds. The Balaban J connectivity index is 1.68. The number of aryl methyl sites for hydroxylation is 2. The number of carbonyl (C=O) groups is 1. The molecule has 3 rings (SSSR count). The predicted octanol–water partition coefficient (Wildman–Crippen LogP) is 5.14. The summed E-state index contributed by atoms with van der Waals surface area (Å²) >= 11 is 14.7. The number of carbonyl (C=O) groups excluding carboxylic acids is 1. The Bertz CT molecular complexity index is 1080. The van der Waals surface area contributed by atoms with E-state index >= 15 is 0 Å². The Labute approximate surface area is 174 Å². The number of H-pyrrole nitrogens is 1. The molecule has 0 spiro atoms. The van der Waals surface area contributed by atoms with Crippen molar-refractivity contribution in [3.05, 3.63) is 54.9 Å². The number of benzene rings is 1. The summed E-state index contributed by atoms with van der Waals surface area (Å²) in [5, 5.41) is 0.903. The van der Waals surface area contributed by atoms with Crippen LogP contribution in [0.4, 0.5) is 0 Å². The minimum Gasteiger partial charge on any atom is -0.424 e. The lowest BCUT2D eigenvalue weighted by Crippen LogP contribution is -2.21. The van der Waals surface area contributed by atoms with Crippen molar-refractivity contribution < 1.29 is 9.53 Å². The highest BCUT2D eigenvalue weighted by Crippen LogP contribution is 2.29. The first-order valence-electron chi connectivity index (χ1n) is 8.03. The van der Waals surface area contributed by atoms with E-state index in [0.29, 0.717) is 26.8 Å². The Hall–Kier alpha value is -1.54. The number of rotatable bonds is 5. The summed E-state index contributed by atoms with van der Waals surface area (Å²) in [6, 6.07) is 4.66. The van der Waals surface area contributed by atoms with Gasteiger partial charge in [-0.15, -0.1) is 23.1 Å². The third kappa shape index (κ3) is 4.48. The number of nitrogens with zero attached hydrogens (tertiary/aromatic N) is 1. The van der Waals surface area contributed by atoms with Crippen molar-refractivity contribution in [2.75, 3.05) is 0 Å². The lowest BCUT2D eigenvalue weighted by atomic mass is 10.2. The second-order valence-corrected chi connectivity index (χ2v) is 9.30. The number of aromatic amines is 1. The molecule has 1 unspecified atom stereocenters. The van der Waals surface area contributed by atoms with Crippen LogP contribution in [-0.4, -0.2) is 21.2 Å². The molecule has 0 saturated carbocycles. The van der Waals surface area contributed by atoms with Gasteiger partial charge in [0, 0.05) is 9.90 Å². The van der Waals surface area contributed by atoms with Crippen LogP contribution in [0.2, 0.25) is 10.0 Å². The van der Waals surface area contributed by atoms with Gasteiger partial charge in [-0.1, -0.05) is 23.2 Å². The molecule has 1 N–H and O–H groups in total. The van der Waals surface area contributed by atoms with Crippen LogP contribution in [0, 0.1) is 13.8 Å². The molecule has 0 saturated heterocycles. The van der Waals surface area contributed by atoms with Gasteiger partial charge >= 0.3 is 5.97 Å². The van der Waals surface area contributed by atoms with Crippen molar-refractivity contribution in [1.29, 1.82) is 0 Å². The molecule has 2 heterocycles. The molecular weight excluding hydrogens is 427 g/mol. The van der Waals surface area contributed by atoms with Gasteiger partial charge < -0.3 is 9.72 Å². The Kier molecular flexibility index (Phi) is 6.15. The number of hydrogen-bond acceptors (Lipinski definition) is 6. The fourth-order valence-corrected chi connectivity index (χ4v) is 4.61. The highest BCUT2D eigenvalue weighted by Gasteiger charge is 2.19. The molecule has 2 aromatic heterocycles. The minimum atomic E-state index is -0.468. The third-order valence-electron chi connectivity index (χ3n) is 3.99. The molecule has 5 nitrogen and oxygen atoms in total. The fourth-order valence-electron chi connectivity index (χ4n) is 2.39. The van der Waals surface area contributed by atoms with Gasteiger partial charge in [-0.3, -0.25) is 9.59 Å². The van der Waals surface area contributed by atoms with E-state index in [-0.39, 0.29) is 16.3 Å². The smallest absolute Gasteiger partial charge is 0.324 e. The summed E-state index contributed by atoms with van der Waals surface area (Å²) in [4.78, 5) is 33.7. The van der Waals surface area contributed by atoms with Gasteiger partial charge in [-0.25, -0.2) is 4.98 Å². The van der Waals surface area contributed by atoms with Crippen LogP contribution in [0.25, 0.3) is 10.2 Å². The van der Waals surface area contributed by atoms with Gasteiger partial charge in [-0.2, -0.15) is 0 Å². The van der Waals surface area contributed by atoms with Crippen molar-refractivity contribution in [1.82, 2.24) is 9.97 Å². The largest absolute Gasteiger partial charge is 0.424 e. The molecule has 0 aliphatic rings. The number of hydrogen-bond donors (Lipinski definition) is 1. The lowest BCUT2D eigenvalue weighted by molar-refractivity contribution is -0.133. The highest BCUT2D eigenvalue weighted by molar-refractivity contribution is 7.99. The number of fused-ring (bicyclic) bond motifs is 1. The number of halogens is 2. The summed E-state index contributed by atoms with van der Waals surface area (Å²) in [7, 11) is 0. The van der Waals surface area contributed by atoms with E-state index in [1.165, 1.54) is 29.2 Å². The van der Waals surface area contributed by atoms with Crippen LogP contribution in [0.3, 0.4) is 0 Å². The lowest BCUT2D eigenvalue weighted by Gasteiger charge is -2.11. The van der Waals surface area contributed by atoms with Crippen molar-refractivity contribution in [2.45, 2.75) is 31.8 Å². The van der Waals surface area contributed by atoms with Gasteiger partial charge in [0.1, 0.15) is 21.7 Å². The predicted molar refractivity (Wildman–Crippen MR) is 113 cm³/mol. The zero-order chi connectivity index (χ0) is 19.7. The third-order valence-corrected chi connectivity index (χ3v) is 6.76. The molecule has 9 heteroatoms. The topological polar surface area (TPSA) is 72.0 Å². The monoisotopic (exact) mass is 442 g/mol. The van der Waals surface area contributed by atoms with Gasteiger partial charge in [-0.05, 0) is 44.5 Å². The van der Waals surface area contributed by atoms with Crippen molar-refractivity contribution in [2.24, 2.45) is 0 Å².